The zero-order valence-electron chi connectivity index (χ0n) is 15.3. The Morgan fingerprint density at radius 2 is 1.52 bits per heavy atom. The third-order valence-electron chi connectivity index (χ3n) is 5.94. The lowest BCUT2D eigenvalue weighted by Gasteiger charge is -2.29. The first kappa shape index (κ1) is 17.9. The summed E-state index contributed by atoms with van der Waals surface area (Å²) in [6.45, 7) is 1.40. The summed E-state index contributed by atoms with van der Waals surface area (Å²) < 4.78 is 13.4. The van der Waals surface area contributed by atoms with Gasteiger partial charge in [-0.3, -0.25) is 19.7 Å². The molecule has 3 aliphatic rings. The van der Waals surface area contributed by atoms with Crippen LogP contribution >= 0.6 is 0 Å². The summed E-state index contributed by atoms with van der Waals surface area (Å²) in [5.74, 6) is -1.63. The monoisotopic (exact) mass is 396 g/mol. The van der Waals surface area contributed by atoms with E-state index in [1.165, 1.54) is 36.4 Å². The molecule has 0 bridgehead atoms. The average molecular weight is 396 g/mol. The maximum absolute atomic E-state index is 13.4. The molecule has 5 rings (SSSR count). The quantitative estimate of drug-likeness (QED) is 0.449. The fraction of sp³-hybridized carbons (Fsp3) is 0.300. The molecule has 3 atom stereocenters. The summed E-state index contributed by atoms with van der Waals surface area (Å²) in [4.78, 5) is 38.1. The molecule has 0 saturated carbocycles. The average Bonchev–Trinajstić information content (AvgIpc) is 3.35. The number of carbonyl (C=O) groups is 2. The van der Waals surface area contributed by atoms with Gasteiger partial charge in [-0.2, -0.15) is 0 Å². The van der Waals surface area contributed by atoms with E-state index in [4.69, 9.17) is 0 Å². The molecule has 9 heteroatoms. The number of rotatable bonds is 3. The molecule has 8 nitrogen and oxygen atoms in total. The molecule has 3 aliphatic heterocycles. The smallest absolute Gasteiger partial charge is 0.269 e. The molecule has 0 radical (unpaired) electrons. The van der Waals surface area contributed by atoms with Crippen molar-refractivity contribution in [1.82, 2.24) is 10.0 Å². The molecule has 3 saturated heterocycles. The predicted octanol–water partition coefficient (Wildman–Crippen LogP) is 2.27. The Morgan fingerprint density at radius 1 is 0.897 bits per heavy atom. The van der Waals surface area contributed by atoms with Gasteiger partial charge in [0.05, 0.1) is 22.6 Å². The number of nitrogens with zero attached hydrogens (tertiary/aromatic N) is 4. The molecule has 2 amide bonds. The number of non-ortho nitro benzene ring substituents is 1. The van der Waals surface area contributed by atoms with E-state index in [1.54, 1.807) is 12.1 Å². The van der Waals surface area contributed by atoms with Gasteiger partial charge in [0.2, 0.25) is 5.91 Å². The van der Waals surface area contributed by atoms with E-state index in [1.807, 2.05) is 10.0 Å². The summed E-state index contributed by atoms with van der Waals surface area (Å²) in [6.07, 6.45) is 0.875. The van der Waals surface area contributed by atoms with Gasteiger partial charge in [-0.1, -0.05) is 12.1 Å². The molecule has 0 aliphatic carbocycles. The van der Waals surface area contributed by atoms with Crippen LogP contribution in [0.4, 0.5) is 15.8 Å². The van der Waals surface area contributed by atoms with Crippen molar-refractivity contribution in [3.05, 3.63) is 70.0 Å². The summed E-state index contributed by atoms with van der Waals surface area (Å²) in [7, 11) is 0. The Bertz CT molecular complexity index is 1010. The number of hydrazine groups is 1. The van der Waals surface area contributed by atoms with Crippen LogP contribution in [-0.2, 0) is 9.59 Å². The second-order valence-electron chi connectivity index (χ2n) is 7.43. The molecule has 0 N–H and O–H groups in total. The van der Waals surface area contributed by atoms with Crippen molar-refractivity contribution in [3.8, 4) is 0 Å². The lowest BCUT2D eigenvalue weighted by Crippen LogP contribution is -2.44. The van der Waals surface area contributed by atoms with Crippen molar-refractivity contribution in [3.63, 3.8) is 0 Å². The summed E-state index contributed by atoms with van der Waals surface area (Å²) in [6, 6.07) is 10.5. The molecular weight excluding hydrogens is 379 g/mol. The number of benzene rings is 2. The van der Waals surface area contributed by atoms with Crippen molar-refractivity contribution < 1.29 is 18.9 Å². The van der Waals surface area contributed by atoms with Crippen LogP contribution in [-0.4, -0.2) is 45.9 Å². The number of hydrogen-bond donors (Lipinski definition) is 0. The first-order valence-electron chi connectivity index (χ1n) is 9.38. The van der Waals surface area contributed by atoms with Gasteiger partial charge in [-0.15, -0.1) is 0 Å². The Kier molecular flexibility index (Phi) is 3.97. The number of fused-ring (bicyclic) bond motifs is 3. The highest BCUT2D eigenvalue weighted by molar-refractivity contribution is 6.24. The molecule has 0 aromatic heterocycles. The molecule has 29 heavy (non-hydrogen) atoms. The molecule has 2 aromatic rings. The molecular formula is C20H17FN4O4. The number of nitro groups is 1. The Hall–Kier alpha value is -3.17. The van der Waals surface area contributed by atoms with E-state index in [0.717, 1.165) is 23.4 Å². The van der Waals surface area contributed by atoms with Crippen LogP contribution in [0.25, 0.3) is 0 Å². The highest BCUT2D eigenvalue weighted by Crippen LogP contribution is 2.48. The molecule has 0 spiro atoms. The maximum atomic E-state index is 13.4. The summed E-state index contributed by atoms with van der Waals surface area (Å²) in [5, 5.41) is 14.9. The van der Waals surface area contributed by atoms with Crippen LogP contribution in [0.2, 0.25) is 0 Å². The van der Waals surface area contributed by atoms with Crippen LogP contribution in [0.5, 0.6) is 0 Å². The van der Waals surface area contributed by atoms with Crippen molar-refractivity contribution in [1.29, 1.82) is 0 Å². The minimum absolute atomic E-state index is 0.108. The highest BCUT2D eigenvalue weighted by Gasteiger charge is 2.62. The lowest BCUT2D eigenvalue weighted by atomic mass is 9.90. The van der Waals surface area contributed by atoms with Crippen molar-refractivity contribution >= 4 is 23.2 Å². The van der Waals surface area contributed by atoms with Gasteiger partial charge in [0, 0.05) is 25.2 Å². The summed E-state index contributed by atoms with van der Waals surface area (Å²) >= 11 is 0. The minimum atomic E-state index is -0.616. The van der Waals surface area contributed by atoms with Crippen LogP contribution in [0.15, 0.2) is 48.5 Å². The third kappa shape index (κ3) is 2.58. The van der Waals surface area contributed by atoms with E-state index in [0.29, 0.717) is 12.2 Å². The van der Waals surface area contributed by atoms with Crippen molar-refractivity contribution in [2.75, 3.05) is 18.0 Å². The predicted molar refractivity (Wildman–Crippen MR) is 100 cm³/mol. The molecule has 148 valence electrons. The molecule has 3 unspecified atom stereocenters. The van der Waals surface area contributed by atoms with Crippen LogP contribution in [0.1, 0.15) is 18.0 Å². The van der Waals surface area contributed by atoms with E-state index < -0.39 is 16.9 Å². The van der Waals surface area contributed by atoms with E-state index >= 15 is 0 Å². The van der Waals surface area contributed by atoms with Gasteiger partial charge < -0.3 is 0 Å². The standard InChI is InChI=1S/C20H17FN4O4/c21-13-4-2-12(3-5-13)17-16-18(23-11-1-10-22(17)23)20(27)24(19(16)26)14-6-8-15(9-7-14)25(28)29/h2-9,16-18H,1,10-11H2. The largest absolute Gasteiger partial charge is 0.274 e. The second-order valence-corrected chi connectivity index (χ2v) is 7.43. The SMILES string of the molecule is O=C1C2C(C(=O)N1c1ccc([N+](=O)[O-])cc1)N1CCCN1C2c1ccc(F)cc1. The Balaban J connectivity index is 1.54. The van der Waals surface area contributed by atoms with Gasteiger partial charge in [0.25, 0.3) is 11.6 Å². The summed E-state index contributed by atoms with van der Waals surface area (Å²) in [5.41, 5.74) is 1.00. The van der Waals surface area contributed by atoms with Gasteiger partial charge in [-0.05, 0) is 36.2 Å². The van der Waals surface area contributed by atoms with Crippen molar-refractivity contribution in [2.45, 2.75) is 18.5 Å². The molecule has 2 aromatic carbocycles. The molecule has 3 heterocycles. The lowest BCUT2D eigenvalue weighted by molar-refractivity contribution is -0.384. The first-order chi connectivity index (χ1) is 14.0. The number of carbonyl (C=O) groups excluding carboxylic acids is 2. The van der Waals surface area contributed by atoms with Gasteiger partial charge >= 0.3 is 0 Å². The number of nitro benzene ring substituents is 1. The topological polar surface area (TPSA) is 87.0 Å². The van der Waals surface area contributed by atoms with Gasteiger partial charge in [-0.25, -0.2) is 19.3 Å². The number of hydrogen-bond acceptors (Lipinski definition) is 6. The normalized spacial score (nSPS) is 26.8. The minimum Gasteiger partial charge on any atom is -0.274 e. The number of halogens is 1. The molecule has 3 fully saturated rings. The zero-order valence-corrected chi connectivity index (χ0v) is 15.3. The zero-order chi connectivity index (χ0) is 20.3. The van der Waals surface area contributed by atoms with E-state index in [9.17, 15) is 24.1 Å². The van der Waals surface area contributed by atoms with E-state index in [2.05, 4.69) is 0 Å². The maximum Gasteiger partial charge on any atom is 0.269 e. The fourth-order valence-corrected chi connectivity index (χ4v) is 4.75. The first-order valence-corrected chi connectivity index (χ1v) is 9.38. The van der Waals surface area contributed by atoms with E-state index in [-0.39, 0.29) is 29.4 Å². The van der Waals surface area contributed by atoms with Gasteiger partial charge in [0.15, 0.2) is 0 Å². The van der Waals surface area contributed by atoms with Crippen LogP contribution < -0.4 is 4.90 Å². The third-order valence-corrected chi connectivity index (χ3v) is 5.94. The fourth-order valence-electron chi connectivity index (χ4n) is 4.75. The van der Waals surface area contributed by atoms with Crippen LogP contribution in [0, 0.1) is 21.8 Å². The second kappa shape index (κ2) is 6.43. The van der Waals surface area contributed by atoms with Gasteiger partial charge in [0.1, 0.15) is 11.9 Å². The number of imide groups is 1. The Morgan fingerprint density at radius 3 is 2.14 bits per heavy atom. The van der Waals surface area contributed by atoms with Crippen LogP contribution in [0.3, 0.4) is 0 Å². The number of amides is 2. The Labute approximate surface area is 165 Å². The highest BCUT2D eigenvalue weighted by atomic mass is 19.1. The van der Waals surface area contributed by atoms with Crippen molar-refractivity contribution in [2.24, 2.45) is 5.92 Å². The number of anilines is 1.